The van der Waals surface area contributed by atoms with Crippen LogP contribution in [0.1, 0.15) is 26.3 Å². The Morgan fingerprint density at radius 3 is 2.33 bits per heavy atom. The van der Waals surface area contributed by atoms with Crippen molar-refractivity contribution in [1.29, 1.82) is 0 Å². The molecule has 1 aromatic carbocycles. The Labute approximate surface area is 140 Å². The quantitative estimate of drug-likeness (QED) is 0.775. The maximum absolute atomic E-state index is 12.3. The minimum Gasteiger partial charge on any atom is -0.471 e. The summed E-state index contributed by atoms with van der Waals surface area (Å²) in [6.07, 6.45) is -1.31. The highest BCUT2D eigenvalue weighted by molar-refractivity contribution is 6.31. The van der Waals surface area contributed by atoms with E-state index in [9.17, 15) is 18.4 Å². The van der Waals surface area contributed by atoms with Crippen molar-refractivity contribution < 1.29 is 23.1 Å². The summed E-state index contributed by atoms with van der Waals surface area (Å²) in [5.41, 5.74) is 1.18. The fourth-order valence-electron chi connectivity index (χ4n) is 2.36. The van der Waals surface area contributed by atoms with Gasteiger partial charge in [-0.1, -0.05) is 23.7 Å². The van der Waals surface area contributed by atoms with Crippen LogP contribution in [0.2, 0.25) is 5.02 Å². The number of halogens is 3. The van der Waals surface area contributed by atoms with Crippen molar-refractivity contribution in [2.45, 2.75) is 13.0 Å². The first-order valence-corrected chi connectivity index (χ1v) is 7.35. The average Bonchev–Trinajstić information content (AvgIpc) is 2.79. The molecule has 0 fully saturated rings. The number of hydrogen-bond donors (Lipinski definition) is 0. The molecule has 2 heterocycles. The monoisotopic (exact) mass is 352 g/mol. The fourth-order valence-corrected chi connectivity index (χ4v) is 2.61. The summed E-state index contributed by atoms with van der Waals surface area (Å²) in [5, 5.41) is 0.0322. The second kappa shape index (κ2) is 6.52. The smallest absolute Gasteiger partial charge is 0.272 e. The van der Waals surface area contributed by atoms with Crippen molar-refractivity contribution >= 4 is 23.4 Å². The van der Waals surface area contributed by atoms with E-state index in [1.807, 2.05) is 0 Å². The Balaban J connectivity index is 1.77. The zero-order valence-corrected chi connectivity index (χ0v) is 13.0. The second-order valence-electron chi connectivity index (χ2n) is 5.07. The number of carbonyl (C=O) groups is 2. The van der Waals surface area contributed by atoms with E-state index in [2.05, 4.69) is 4.98 Å². The molecule has 1 aliphatic heterocycles. The van der Waals surface area contributed by atoms with Crippen LogP contribution in [-0.4, -0.2) is 34.7 Å². The number of alkyl halides is 2. The zero-order chi connectivity index (χ0) is 17.3. The lowest BCUT2D eigenvalue weighted by Gasteiger charge is -2.14. The predicted octanol–water partition coefficient (Wildman–Crippen LogP) is 3.18. The Hall–Kier alpha value is -2.54. The lowest BCUT2D eigenvalue weighted by atomic mass is 10.1. The summed E-state index contributed by atoms with van der Waals surface area (Å²) in [6, 6.07) is 7.96. The van der Waals surface area contributed by atoms with E-state index < -0.39 is 24.8 Å². The number of ether oxygens (including phenoxy) is 1. The van der Waals surface area contributed by atoms with Crippen molar-refractivity contribution in [3.63, 3.8) is 0 Å². The van der Waals surface area contributed by atoms with Gasteiger partial charge in [0, 0.05) is 6.20 Å². The lowest BCUT2D eigenvalue weighted by Crippen LogP contribution is -2.29. The number of amides is 2. The predicted molar refractivity (Wildman–Crippen MR) is 81.4 cm³/mol. The minimum absolute atomic E-state index is 0.0196. The molecule has 0 radical (unpaired) electrons. The van der Waals surface area contributed by atoms with Crippen LogP contribution in [0.3, 0.4) is 0 Å². The van der Waals surface area contributed by atoms with Gasteiger partial charge in [0.2, 0.25) is 5.88 Å². The molecule has 1 aliphatic rings. The van der Waals surface area contributed by atoms with Gasteiger partial charge in [0.25, 0.3) is 18.2 Å². The van der Waals surface area contributed by atoms with Crippen molar-refractivity contribution in [3.05, 3.63) is 58.2 Å². The Morgan fingerprint density at radius 1 is 1.17 bits per heavy atom. The summed E-state index contributed by atoms with van der Waals surface area (Å²) in [4.78, 5) is 29.5. The highest BCUT2D eigenvalue weighted by atomic mass is 35.5. The number of hydrogen-bond acceptors (Lipinski definition) is 4. The zero-order valence-electron chi connectivity index (χ0n) is 12.2. The van der Waals surface area contributed by atoms with E-state index in [1.54, 1.807) is 24.3 Å². The third kappa shape index (κ3) is 3.07. The molecule has 5 nitrogen and oxygen atoms in total. The Bertz CT molecular complexity index is 779. The third-order valence-electron chi connectivity index (χ3n) is 3.43. The van der Waals surface area contributed by atoms with Gasteiger partial charge < -0.3 is 4.74 Å². The highest BCUT2D eigenvalue weighted by Crippen LogP contribution is 2.27. The van der Waals surface area contributed by atoms with Gasteiger partial charge in [-0.05, 0) is 23.8 Å². The van der Waals surface area contributed by atoms with Gasteiger partial charge in [0.1, 0.15) is 5.02 Å². The molecule has 3 rings (SSSR count). The molecule has 1 aromatic heterocycles. The molecule has 8 heteroatoms. The van der Waals surface area contributed by atoms with E-state index in [0.29, 0.717) is 16.7 Å². The van der Waals surface area contributed by atoms with E-state index >= 15 is 0 Å². The molecule has 0 bridgehead atoms. The molecule has 24 heavy (non-hydrogen) atoms. The molecule has 0 saturated heterocycles. The molecule has 0 N–H and O–H groups in total. The van der Waals surface area contributed by atoms with Gasteiger partial charge in [0.15, 0.2) is 6.61 Å². The standard InChI is InChI=1S/C16H11ClF2N2O3/c17-12-5-9(6-20-14(12)24-8-13(18)19)7-21-15(22)10-3-1-2-4-11(10)16(21)23/h1-6,13H,7-8H2. The van der Waals surface area contributed by atoms with Crippen molar-refractivity contribution in [1.82, 2.24) is 9.88 Å². The summed E-state index contributed by atoms with van der Waals surface area (Å²) < 4.78 is 29.1. The lowest BCUT2D eigenvalue weighted by molar-refractivity contribution is 0.0641. The van der Waals surface area contributed by atoms with Crippen LogP contribution in [0, 0.1) is 0 Å². The SMILES string of the molecule is O=C1c2ccccc2C(=O)N1Cc1cnc(OCC(F)F)c(Cl)c1. The van der Waals surface area contributed by atoms with Crippen LogP contribution in [0.15, 0.2) is 36.5 Å². The van der Waals surface area contributed by atoms with Crippen molar-refractivity contribution in [3.8, 4) is 5.88 Å². The number of aromatic nitrogens is 1. The summed E-state index contributed by atoms with van der Waals surface area (Å²) in [5.74, 6) is -0.919. The largest absolute Gasteiger partial charge is 0.471 e. The van der Waals surface area contributed by atoms with Gasteiger partial charge in [-0.3, -0.25) is 14.5 Å². The fraction of sp³-hybridized carbons (Fsp3) is 0.188. The third-order valence-corrected chi connectivity index (χ3v) is 3.70. The van der Waals surface area contributed by atoms with Crippen LogP contribution < -0.4 is 4.74 Å². The normalized spacial score (nSPS) is 13.6. The number of imide groups is 1. The molecule has 0 spiro atoms. The number of pyridine rings is 1. The summed E-state index contributed by atoms with van der Waals surface area (Å²) >= 11 is 5.94. The number of carbonyl (C=O) groups excluding carboxylic acids is 2. The maximum atomic E-state index is 12.3. The van der Waals surface area contributed by atoms with E-state index in [4.69, 9.17) is 16.3 Å². The molecule has 2 amide bonds. The first-order chi connectivity index (χ1) is 11.5. The Kier molecular flexibility index (Phi) is 4.44. The maximum Gasteiger partial charge on any atom is 0.272 e. The number of fused-ring (bicyclic) bond motifs is 1. The average molecular weight is 353 g/mol. The first-order valence-electron chi connectivity index (χ1n) is 6.98. The molecule has 0 atom stereocenters. The van der Waals surface area contributed by atoms with Crippen LogP contribution in [0.5, 0.6) is 5.88 Å². The molecule has 0 saturated carbocycles. The van der Waals surface area contributed by atoms with Crippen LogP contribution in [0.4, 0.5) is 8.78 Å². The van der Waals surface area contributed by atoms with E-state index in [1.165, 1.54) is 12.3 Å². The second-order valence-corrected chi connectivity index (χ2v) is 5.48. The van der Waals surface area contributed by atoms with Crippen molar-refractivity contribution in [2.24, 2.45) is 0 Å². The number of nitrogens with zero attached hydrogens (tertiary/aromatic N) is 2. The molecule has 2 aromatic rings. The molecule has 0 unspecified atom stereocenters. The molecular formula is C16H11ClF2N2O3. The molecule has 0 aliphatic carbocycles. The van der Waals surface area contributed by atoms with Gasteiger partial charge in [-0.15, -0.1) is 0 Å². The topological polar surface area (TPSA) is 59.5 Å². The molecule has 124 valence electrons. The van der Waals surface area contributed by atoms with E-state index in [0.717, 1.165) is 4.90 Å². The number of benzene rings is 1. The molecular weight excluding hydrogens is 342 g/mol. The first kappa shape index (κ1) is 16.3. The van der Waals surface area contributed by atoms with E-state index in [-0.39, 0.29) is 17.4 Å². The van der Waals surface area contributed by atoms with Gasteiger partial charge in [-0.25, -0.2) is 13.8 Å². The van der Waals surface area contributed by atoms with Crippen LogP contribution >= 0.6 is 11.6 Å². The summed E-state index contributed by atoms with van der Waals surface area (Å²) in [6.45, 7) is -0.835. The Morgan fingerprint density at radius 2 is 1.79 bits per heavy atom. The minimum atomic E-state index is -2.64. The van der Waals surface area contributed by atoms with Gasteiger partial charge >= 0.3 is 0 Å². The summed E-state index contributed by atoms with van der Waals surface area (Å²) in [7, 11) is 0. The van der Waals surface area contributed by atoms with Gasteiger partial charge in [0.05, 0.1) is 17.7 Å². The van der Waals surface area contributed by atoms with Gasteiger partial charge in [-0.2, -0.15) is 0 Å². The van der Waals surface area contributed by atoms with Crippen LogP contribution in [0.25, 0.3) is 0 Å². The van der Waals surface area contributed by atoms with Crippen LogP contribution in [-0.2, 0) is 6.54 Å². The number of rotatable bonds is 5. The highest BCUT2D eigenvalue weighted by Gasteiger charge is 2.35. The van der Waals surface area contributed by atoms with Crippen molar-refractivity contribution in [2.75, 3.05) is 6.61 Å².